The van der Waals surface area contributed by atoms with Crippen LogP contribution < -0.4 is 0 Å². The third kappa shape index (κ3) is 7.88. The van der Waals surface area contributed by atoms with E-state index in [2.05, 4.69) is 178 Å². The summed E-state index contributed by atoms with van der Waals surface area (Å²) in [6.45, 7) is 23.8. The highest BCUT2D eigenvalue weighted by Gasteiger charge is 2.57. The van der Waals surface area contributed by atoms with Crippen LogP contribution in [0.3, 0.4) is 0 Å². The number of allylic oxidation sites excluding steroid dienone is 23. The Labute approximate surface area is 434 Å². The molecule has 17 atom stereocenters. The summed E-state index contributed by atoms with van der Waals surface area (Å²) in [5.74, 6) is 9.09. The number of hydrogen-bond donors (Lipinski definition) is 0. The van der Waals surface area contributed by atoms with E-state index in [0.29, 0.717) is 94.9 Å². The Morgan fingerprint density at radius 2 is 1.17 bits per heavy atom. The maximum atomic E-state index is 6.30. The summed E-state index contributed by atoms with van der Waals surface area (Å²) in [5, 5.41) is 0. The van der Waals surface area contributed by atoms with E-state index >= 15 is 0 Å². The quantitative estimate of drug-likeness (QED) is 0.240. The van der Waals surface area contributed by atoms with Gasteiger partial charge in [0.1, 0.15) is 0 Å². The van der Waals surface area contributed by atoms with Gasteiger partial charge in [0.05, 0.1) is 6.10 Å². The molecule has 5 saturated carbocycles. The lowest BCUT2D eigenvalue weighted by Crippen LogP contribution is -2.38. The molecule has 12 aliphatic rings. The molecule has 2 heterocycles. The Morgan fingerprint density at radius 1 is 0.563 bits per heavy atom. The molecule has 17 unspecified atom stereocenters. The van der Waals surface area contributed by atoms with Crippen LogP contribution in [-0.4, -0.2) is 12.7 Å². The SMILES string of the molecule is Cc1ccc(CC2=CC3C(C=C2)C2C=CC=CC2C3CC2=CC=CC3C(CCC4(C)CCC(C)(C)C5=CC6C(C)C7C=C8C(=CC7C6C=C54)C(C)(C)CCC8(C)C)C4C=C(CC5CCCO5)C=CC4C23)s1. The van der Waals surface area contributed by atoms with Gasteiger partial charge in [-0.25, -0.2) is 0 Å². The van der Waals surface area contributed by atoms with E-state index in [4.69, 9.17) is 4.74 Å². The predicted molar refractivity (Wildman–Crippen MR) is 298 cm³/mol. The number of ether oxygens (including phenoxy) is 1. The third-order valence-corrected chi connectivity index (χ3v) is 23.6. The van der Waals surface area contributed by atoms with Crippen LogP contribution in [0.15, 0.2) is 154 Å². The molecule has 0 amide bonds. The minimum atomic E-state index is 0.191. The second kappa shape index (κ2) is 17.3. The smallest absolute Gasteiger partial charge is 0.0616 e. The van der Waals surface area contributed by atoms with E-state index < -0.39 is 0 Å². The van der Waals surface area contributed by atoms with Crippen molar-refractivity contribution in [3.05, 3.63) is 164 Å². The molecule has 374 valence electrons. The molecule has 0 N–H and O–H groups in total. The van der Waals surface area contributed by atoms with Gasteiger partial charge in [-0.05, 0) is 227 Å². The fraction of sp³-hybridized carbons (Fsp3) is 0.594. The largest absolute Gasteiger partial charge is 0.378 e. The number of fused-ring (bicyclic) bond motifs is 11. The van der Waals surface area contributed by atoms with Gasteiger partial charge >= 0.3 is 0 Å². The van der Waals surface area contributed by atoms with Gasteiger partial charge in [0, 0.05) is 22.8 Å². The molecule has 1 aromatic heterocycles. The molecule has 0 spiro atoms. The first kappa shape index (κ1) is 47.3. The van der Waals surface area contributed by atoms with Gasteiger partial charge in [0.25, 0.3) is 0 Å². The van der Waals surface area contributed by atoms with Crippen molar-refractivity contribution in [2.45, 2.75) is 139 Å². The fourth-order valence-electron chi connectivity index (χ4n) is 18.4. The molecule has 1 aromatic rings. The van der Waals surface area contributed by atoms with Crippen molar-refractivity contribution in [3.63, 3.8) is 0 Å². The monoisotopic (exact) mass is 963 g/mol. The number of rotatable bonds is 9. The highest BCUT2D eigenvalue weighted by atomic mass is 32.1. The van der Waals surface area contributed by atoms with Gasteiger partial charge in [-0.15, -0.1) is 11.3 Å². The topological polar surface area (TPSA) is 9.23 Å². The number of aryl methyl sites for hydroxylation is 1. The molecule has 0 aromatic carbocycles. The van der Waals surface area contributed by atoms with Gasteiger partial charge in [-0.2, -0.15) is 0 Å². The molecule has 13 rings (SSSR count). The molecule has 71 heavy (non-hydrogen) atoms. The lowest BCUT2D eigenvalue weighted by Gasteiger charge is -2.50. The van der Waals surface area contributed by atoms with Crippen molar-refractivity contribution in [1.82, 2.24) is 0 Å². The Hall–Kier alpha value is -3.46. The minimum Gasteiger partial charge on any atom is -0.378 e. The first-order valence-corrected chi connectivity index (χ1v) is 29.9. The van der Waals surface area contributed by atoms with E-state index in [9.17, 15) is 0 Å². The summed E-state index contributed by atoms with van der Waals surface area (Å²) in [6.07, 6.45) is 59.2. The molecule has 2 heteroatoms. The average Bonchev–Trinajstić information content (AvgIpc) is 4.19. The van der Waals surface area contributed by atoms with Crippen LogP contribution in [0.25, 0.3) is 0 Å². The summed E-state index contributed by atoms with van der Waals surface area (Å²) in [4.78, 5) is 2.92. The molecular weight excluding hydrogens is 877 g/mol. The van der Waals surface area contributed by atoms with Crippen LogP contribution in [0.4, 0.5) is 0 Å². The van der Waals surface area contributed by atoms with Crippen LogP contribution in [0.5, 0.6) is 0 Å². The normalized spacial score (nSPS) is 43.3. The van der Waals surface area contributed by atoms with Gasteiger partial charge in [0.2, 0.25) is 0 Å². The Morgan fingerprint density at radius 3 is 1.87 bits per heavy atom. The van der Waals surface area contributed by atoms with E-state index in [1.165, 1.54) is 73.1 Å². The van der Waals surface area contributed by atoms with E-state index in [1.54, 1.807) is 33.4 Å². The second-order valence-electron chi connectivity index (χ2n) is 28.0. The highest BCUT2D eigenvalue weighted by Crippen LogP contribution is 2.66. The Balaban J connectivity index is 0.810. The zero-order valence-electron chi connectivity index (χ0n) is 45.0. The zero-order chi connectivity index (χ0) is 48.8. The summed E-state index contributed by atoms with van der Waals surface area (Å²) < 4.78 is 6.30. The van der Waals surface area contributed by atoms with E-state index in [-0.39, 0.29) is 21.7 Å². The summed E-state index contributed by atoms with van der Waals surface area (Å²) >= 11 is 1.97. The molecule has 11 aliphatic carbocycles. The maximum Gasteiger partial charge on any atom is 0.0616 e. The van der Waals surface area contributed by atoms with Crippen LogP contribution >= 0.6 is 11.3 Å². The van der Waals surface area contributed by atoms with Crippen LogP contribution in [0, 0.1) is 117 Å². The fourth-order valence-corrected chi connectivity index (χ4v) is 19.3. The molecule has 6 fully saturated rings. The molecule has 1 saturated heterocycles. The third-order valence-electron chi connectivity index (χ3n) is 22.6. The molecule has 0 radical (unpaired) electrons. The summed E-state index contributed by atoms with van der Waals surface area (Å²) in [5.41, 5.74) is 12.6. The Bertz CT molecular complexity index is 2710. The highest BCUT2D eigenvalue weighted by molar-refractivity contribution is 7.11. The van der Waals surface area contributed by atoms with E-state index in [0.717, 1.165) is 19.4 Å². The van der Waals surface area contributed by atoms with Crippen molar-refractivity contribution in [3.8, 4) is 0 Å². The summed E-state index contributed by atoms with van der Waals surface area (Å²) in [6, 6.07) is 4.66. The summed E-state index contributed by atoms with van der Waals surface area (Å²) in [7, 11) is 0. The van der Waals surface area contributed by atoms with Gasteiger partial charge in [-0.3, -0.25) is 0 Å². The van der Waals surface area contributed by atoms with Crippen LogP contribution in [0.1, 0.15) is 129 Å². The number of hydrogen-bond acceptors (Lipinski definition) is 2. The molecule has 1 aliphatic heterocycles. The van der Waals surface area contributed by atoms with Crippen LogP contribution in [-0.2, 0) is 11.2 Å². The van der Waals surface area contributed by atoms with Crippen molar-refractivity contribution in [1.29, 1.82) is 0 Å². The molecule has 0 bridgehead atoms. The van der Waals surface area contributed by atoms with Crippen molar-refractivity contribution in [2.24, 2.45) is 110 Å². The second-order valence-corrected chi connectivity index (χ2v) is 29.3. The van der Waals surface area contributed by atoms with Crippen LogP contribution in [0.2, 0.25) is 0 Å². The van der Waals surface area contributed by atoms with Crippen molar-refractivity contribution in [2.75, 3.05) is 6.61 Å². The average molecular weight is 964 g/mol. The van der Waals surface area contributed by atoms with Crippen molar-refractivity contribution >= 4 is 11.3 Å². The zero-order valence-corrected chi connectivity index (χ0v) is 45.8. The van der Waals surface area contributed by atoms with Crippen molar-refractivity contribution < 1.29 is 4.74 Å². The predicted octanol–water partition coefficient (Wildman–Crippen LogP) is 17.7. The van der Waals surface area contributed by atoms with E-state index in [1.807, 2.05) is 11.3 Å². The molecule has 1 nitrogen and oxygen atoms in total. The standard InChI is InChI=1S/C69H86OS/c1-41-19-22-47(71-41)33-44-20-23-50-48-16-10-11-17-49(48)58(57(50)35-44)36-45-14-12-18-52-51(56-34-43(21-24-53(56)65(45)52)32-46-15-13-31-70-46)25-26-69(9)30-29-68(7,8)63-38-55-42(2)54-37-61-62(39-59(54)60(55)40-64(63)69)67(5,6)28-27-66(61,3)4/h10-12,14,16-24,34-35,37-40,42,46,48-60,65H,13,15,25-33,36H2,1-9H3. The van der Waals surface area contributed by atoms with Gasteiger partial charge in [0.15, 0.2) is 0 Å². The Kier molecular flexibility index (Phi) is 11.5. The number of thiophene rings is 1. The van der Waals surface area contributed by atoms with Gasteiger partial charge < -0.3 is 4.74 Å². The van der Waals surface area contributed by atoms with Gasteiger partial charge in [-0.1, -0.05) is 164 Å². The lowest BCUT2D eigenvalue weighted by atomic mass is 9.55. The molecular formula is C69H86OS. The lowest BCUT2D eigenvalue weighted by molar-refractivity contribution is 0.111. The maximum absolute atomic E-state index is 6.30. The first-order chi connectivity index (χ1) is 34.0. The minimum absolute atomic E-state index is 0.191. The first-order valence-electron chi connectivity index (χ1n) is 29.1.